The third kappa shape index (κ3) is 2.32. The SMILES string of the molecule is Cc1nnc(C)n1-n1ccc2nc3ccn(CCO)c(=O)c3cc2c1=O. The van der Waals surface area contributed by atoms with Gasteiger partial charge in [0.1, 0.15) is 11.6 Å². The summed E-state index contributed by atoms with van der Waals surface area (Å²) in [7, 11) is 0. The quantitative estimate of drug-likeness (QED) is 0.529. The van der Waals surface area contributed by atoms with Crippen LogP contribution >= 0.6 is 0 Å². The Balaban J connectivity index is 2.05. The smallest absolute Gasteiger partial charge is 0.279 e. The molecule has 0 saturated carbocycles. The molecule has 132 valence electrons. The third-order valence-corrected chi connectivity index (χ3v) is 4.31. The first-order chi connectivity index (χ1) is 12.5. The van der Waals surface area contributed by atoms with Crippen LogP contribution in [0.1, 0.15) is 11.6 Å². The van der Waals surface area contributed by atoms with E-state index in [1.807, 2.05) is 0 Å². The van der Waals surface area contributed by atoms with Crippen molar-refractivity contribution in [3.8, 4) is 0 Å². The molecule has 0 aliphatic heterocycles. The van der Waals surface area contributed by atoms with E-state index in [9.17, 15) is 9.59 Å². The fraction of sp³-hybridized carbons (Fsp3) is 0.235. The van der Waals surface area contributed by atoms with E-state index in [-0.39, 0.29) is 24.3 Å². The Kier molecular flexibility index (Phi) is 3.66. The molecule has 0 bridgehead atoms. The Morgan fingerprint density at radius 2 is 1.58 bits per heavy atom. The molecule has 0 saturated heterocycles. The average Bonchev–Trinajstić information content (AvgIpc) is 2.96. The molecular weight excluding hydrogens is 336 g/mol. The van der Waals surface area contributed by atoms with E-state index in [1.54, 1.807) is 49.1 Å². The molecule has 4 heterocycles. The lowest BCUT2D eigenvalue weighted by Gasteiger charge is -2.11. The fourth-order valence-corrected chi connectivity index (χ4v) is 3.07. The minimum absolute atomic E-state index is 0.147. The zero-order chi connectivity index (χ0) is 18.4. The van der Waals surface area contributed by atoms with E-state index in [4.69, 9.17) is 5.11 Å². The highest BCUT2D eigenvalue weighted by Gasteiger charge is 2.13. The minimum atomic E-state index is -0.320. The van der Waals surface area contributed by atoms with Gasteiger partial charge in [-0.25, -0.2) is 14.3 Å². The van der Waals surface area contributed by atoms with E-state index >= 15 is 0 Å². The highest BCUT2D eigenvalue weighted by atomic mass is 16.3. The second-order valence-electron chi connectivity index (χ2n) is 5.96. The first kappa shape index (κ1) is 16.2. The highest BCUT2D eigenvalue weighted by molar-refractivity contribution is 5.91. The number of fused-ring (bicyclic) bond motifs is 2. The van der Waals surface area contributed by atoms with Crippen LogP contribution in [-0.4, -0.2) is 40.8 Å². The Morgan fingerprint density at radius 3 is 2.23 bits per heavy atom. The Morgan fingerprint density at radius 1 is 0.962 bits per heavy atom. The summed E-state index contributed by atoms with van der Waals surface area (Å²) in [6.45, 7) is 3.54. The molecule has 4 aromatic heterocycles. The fourth-order valence-electron chi connectivity index (χ4n) is 3.07. The number of hydrogen-bond acceptors (Lipinski definition) is 6. The molecular formula is C17H16N6O3. The predicted molar refractivity (Wildman–Crippen MR) is 95.1 cm³/mol. The summed E-state index contributed by atoms with van der Waals surface area (Å²) in [5, 5.41) is 17.7. The molecule has 0 amide bonds. The maximum absolute atomic E-state index is 13.0. The molecule has 0 aliphatic rings. The number of hydrogen-bond donors (Lipinski definition) is 1. The standard InChI is InChI=1S/C17H16N6O3/c1-10-19-20-11(2)23(10)22-6-4-15-13(17(22)26)9-12-14(18-15)3-5-21(7-8-24)16(12)25/h3-6,9,24H,7-8H2,1-2H3. The molecule has 1 N–H and O–H groups in total. The van der Waals surface area contributed by atoms with Crippen LogP contribution in [0.15, 0.2) is 40.2 Å². The van der Waals surface area contributed by atoms with Gasteiger partial charge in [0.15, 0.2) is 0 Å². The van der Waals surface area contributed by atoms with E-state index in [2.05, 4.69) is 15.2 Å². The van der Waals surface area contributed by atoms with Gasteiger partial charge in [0.2, 0.25) is 0 Å². The van der Waals surface area contributed by atoms with Crippen LogP contribution in [0.2, 0.25) is 0 Å². The molecule has 0 aromatic carbocycles. The third-order valence-electron chi connectivity index (χ3n) is 4.31. The Bertz CT molecular complexity index is 1250. The largest absolute Gasteiger partial charge is 0.395 e. The van der Waals surface area contributed by atoms with Crippen molar-refractivity contribution in [2.75, 3.05) is 6.61 Å². The molecule has 9 heteroatoms. The van der Waals surface area contributed by atoms with Gasteiger partial charge in [-0.05, 0) is 32.0 Å². The minimum Gasteiger partial charge on any atom is -0.395 e. The van der Waals surface area contributed by atoms with Gasteiger partial charge < -0.3 is 9.67 Å². The number of pyridine rings is 3. The van der Waals surface area contributed by atoms with Gasteiger partial charge in [0, 0.05) is 18.9 Å². The van der Waals surface area contributed by atoms with E-state index < -0.39 is 0 Å². The lowest BCUT2D eigenvalue weighted by Crippen LogP contribution is -2.28. The lowest BCUT2D eigenvalue weighted by atomic mass is 10.2. The summed E-state index contributed by atoms with van der Waals surface area (Å²) in [6.07, 6.45) is 3.20. The van der Waals surface area contributed by atoms with Crippen LogP contribution in [-0.2, 0) is 6.54 Å². The second kappa shape index (κ2) is 5.88. The topological polar surface area (TPSA) is 108 Å². The first-order valence-corrected chi connectivity index (χ1v) is 8.07. The monoisotopic (exact) mass is 352 g/mol. The maximum Gasteiger partial charge on any atom is 0.279 e. The number of aryl methyl sites for hydroxylation is 2. The first-order valence-electron chi connectivity index (χ1n) is 8.07. The van der Waals surface area contributed by atoms with Crippen LogP contribution in [0.3, 0.4) is 0 Å². The van der Waals surface area contributed by atoms with Crippen LogP contribution < -0.4 is 11.1 Å². The van der Waals surface area contributed by atoms with Gasteiger partial charge >= 0.3 is 0 Å². The van der Waals surface area contributed by atoms with Gasteiger partial charge in [-0.15, -0.1) is 10.2 Å². The normalized spacial score (nSPS) is 11.5. The molecule has 4 rings (SSSR count). The second-order valence-corrected chi connectivity index (χ2v) is 5.96. The molecule has 0 aliphatic carbocycles. The number of rotatable bonds is 3. The van der Waals surface area contributed by atoms with Crippen molar-refractivity contribution in [3.05, 3.63) is 62.9 Å². The molecule has 0 fully saturated rings. The average molecular weight is 352 g/mol. The summed E-state index contributed by atoms with van der Waals surface area (Å²) < 4.78 is 4.39. The van der Waals surface area contributed by atoms with Gasteiger partial charge in [-0.2, -0.15) is 0 Å². The van der Waals surface area contributed by atoms with Crippen molar-refractivity contribution in [1.29, 1.82) is 0 Å². The van der Waals surface area contributed by atoms with E-state index in [0.717, 1.165) is 0 Å². The zero-order valence-electron chi connectivity index (χ0n) is 14.2. The molecule has 4 aromatic rings. The maximum atomic E-state index is 13.0. The Labute approximate surface area is 146 Å². The summed E-state index contributed by atoms with van der Waals surface area (Å²) in [5.41, 5.74) is 0.393. The van der Waals surface area contributed by atoms with Crippen molar-refractivity contribution < 1.29 is 5.11 Å². The van der Waals surface area contributed by atoms with Crippen LogP contribution in [0.4, 0.5) is 0 Å². The molecule has 0 spiro atoms. The van der Waals surface area contributed by atoms with Gasteiger partial charge in [0.05, 0.1) is 28.4 Å². The number of nitrogens with zero attached hydrogens (tertiary/aromatic N) is 6. The predicted octanol–water partition coefficient (Wildman–Crippen LogP) is 0.223. The van der Waals surface area contributed by atoms with E-state index in [1.165, 1.54) is 9.24 Å². The molecule has 9 nitrogen and oxygen atoms in total. The van der Waals surface area contributed by atoms with Crippen molar-refractivity contribution >= 4 is 21.8 Å². The molecule has 0 atom stereocenters. The van der Waals surface area contributed by atoms with Crippen LogP contribution in [0, 0.1) is 13.8 Å². The van der Waals surface area contributed by atoms with Crippen molar-refractivity contribution in [1.82, 2.24) is 29.1 Å². The summed E-state index contributed by atoms with van der Waals surface area (Å²) in [4.78, 5) is 30.0. The number of aliphatic hydroxyl groups is 1. The summed E-state index contributed by atoms with van der Waals surface area (Å²) in [5.74, 6) is 1.14. The van der Waals surface area contributed by atoms with Crippen molar-refractivity contribution in [3.63, 3.8) is 0 Å². The lowest BCUT2D eigenvalue weighted by molar-refractivity contribution is 0.274. The van der Waals surface area contributed by atoms with Crippen molar-refractivity contribution in [2.45, 2.75) is 20.4 Å². The van der Waals surface area contributed by atoms with Gasteiger partial charge in [-0.1, -0.05) is 0 Å². The number of aliphatic hydroxyl groups excluding tert-OH is 1. The molecule has 0 radical (unpaired) electrons. The molecule has 26 heavy (non-hydrogen) atoms. The van der Waals surface area contributed by atoms with Crippen LogP contribution in [0.5, 0.6) is 0 Å². The van der Waals surface area contributed by atoms with E-state index in [0.29, 0.717) is 33.5 Å². The summed E-state index contributed by atoms with van der Waals surface area (Å²) in [6, 6.07) is 4.97. The summed E-state index contributed by atoms with van der Waals surface area (Å²) >= 11 is 0. The van der Waals surface area contributed by atoms with Crippen molar-refractivity contribution in [2.24, 2.45) is 0 Å². The van der Waals surface area contributed by atoms with Crippen LogP contribution in [0.25, 0.3) is 21.8 Å². The number of aromatic nitrogens is 6. The molecule has 0 unspecified atom stereocenters. The Hall–Kier alpha value is -3.33. The highest BCUT2D eigenvalue weighted by Crippen LogP contribution is 2.14. The van der Waals surface area contributed by atoms with Gasteiger partial charge in [-0.3, -0.25) is 9.59 Å². The van der Waals surface area contributed by atoms with Gasteiger partial charge in [0.25, 0.3) is 11.1 Å². The zero-order valence-corrected chi connectivity index (χ0v) is 14.2.